The Labute approximate surface area is 160 Å². The van der Waals surface area contributed by atoms with E-state index in [0.29, 0.717) is 30.0 Å². The van der Waals surface area contributed by atoms with E-state index in [1.807, 2.05) is 0 Å². The number of likely N-dealkylation sites (tertiary alicyclic amines) is 1. The third-order valence-corrected chi connectivity index (χ3v) is 4.63. The number of nitrogens with zero attached hydrogens (tertiary/aromatic N) is 1. The Morgan fingerprint density at radius 3 is 2.42 bits per heavy atom. The summed E-state index contributed by atoms with van der Waals surface area (Å²) < 4.78 is 9.46. The summed E-state index contributed by atoms with van der Waals surface area (Å²) in [6.45, 7) is 1.18. The molecule has 2 amide bonds. The smallest absolute Gasteiger partial charge is 0.409 e. The summed E-state index contributed by atoms with van der Waals surface area (Å²) in [6.07, 6.45) is 1.18. The number of nitrogens with one attached hydrogen (secondary N) is 2. The molecule has 2 rings (SSSR count). The van der Waals surface area contributed by atoms with Gasteiger partial charge in [0.05, 0.1) is 36.5 Å². The number of carbonyl (C=O) groups excluding carboxylic acids is 3. The first-order valence-electron chi connectivity index (χ1n) is 8.16. The summed E-state index contributed by atoms with van der Waals surface area (Å²) in [5.41, 5.74) is 1.57. The number of ether oxygens (including phenoxy) is 2. The van der Waals surface area contributed by atoms with Crippen LogP contribution in [0.3, 0.4) is 0 Å². The number of hydrogen-bond acceptors (Lipinski definition) is 6. The fraction of sp³-hybridized carbons (Fsp3) is 0.471. The molecule has 9 heteroatoms. The van der Waals surface area contributed by atoms with Crippen molar-refractivity contribution in [2.24, 2.45) is 0 Å². The lowest BCUT2D eigenvalue weighted by atomic mass is 10.0. The lowest BCUT2D eigenvalue weighted by Gasteiger charge is -2.32. The maximum absolute atomic E-state index is 11.8. The molecule has 26 heavy (non-hydrogen) atoms. The number of esters is 1. The van der Waals surface area contributed by atoms with E-state index in [-0.39, 0.29) is 23.4 Å². The second-order valence-electron chi connectivity index (χ2n) is 5.81. The van der Waals surface area contributed by atoms with Crippen molar-refractivity contribution in [3.05, 3.63) is 23.8 Å². The van der Waals surface area contributed by atoms with E-state index in [9.17, 15) is 14.4 Å². The van der Waals surface area contributed by atoms with Crippen LogP contribution in [0.4, 0.5) is 16.2 Å². The Morgan fingerprint density at radius 2 is 1.85 bits per heavy atom. The Balaban J connectivity index is 2.11. The minimum absolute atomic E-state index is 0.138. The van der Waals surface area contributed by atoms with Gasteiger partial charge in [0.2, 0.25) is 5.91 Å². The molecule has 1 saturated heterocycles. The first kappa shape index (κ1) is 20.0. The van der Waals surface area contributed by atoms with Crippen LogP contribution in [0.15, 0.2) is 18.2 Å². The maximum atomic E-state index is 11.8. The van der Waals surface area contributed by atoms with Crippen LogP contribution in [-0.2, 0) is 14.3 Å². The number of alkyl halides is 1. The maximum Gasteiger partial charge on any atom is 0.409 e. The molecule has 0 aliphatic carbocycles. The van der Waals surface area contributed by atoms with E-state index in [2.05, 4.69) is 26.6 Å². The van der Waals surface area contributed by atoms with E-state index in [1.165, 1.54) is 14.2 Å². The topological polar surface area (TPSA) is 97.0 Å². The second-order valence-corrected chi connectivity index (χ2v) is 6.37. The fourth-order valence-corrected chi connectivity index (χ4v) is 2.90. The minimum atomic E-state index is -0.475. The van der Waals surface area contributed by atoms with Crippen molar-refractivity contribution in [3.63, 3.8) is 0 Å². The molecule has 1 aliphatic rings. The summed E-state index contributed by atoms with van der Waals surface area (Å²) in [6, 6.07) is 5.10. The van der Waals surface area contributed by atoms with Crippen molar-refractivity contribution < 1.29 is 23.9 Å². The monoisotopic (exact) mass is 427 g/mol. The highest BCUT2D eigenvalue weighted by atomic mass is 79.9. The van der Waals surface area contributed by atoms with Crippen LogP contribution in [-0.4, -0.2) is 61.6 Å². The highest BCUT2D eigenvalue weighted by Gasteiger charge is 2.24. The first-order chi connectivity index (χ1) is 12.5. The first-order valence-corrected chi connectivity index (χ1v) is 9.28. The van der Waals surface area contributed by atoms with Crippen molar-refractivity contribution >= 4 is 45.3 Å². The zero-order valence-electron chi connectivity index (χ0n) is 14.7. The number of benzene rings is 1. The molecule has 0 saturated carbocycles. The summed E-state index contributed by atoms with van der Waals surface area (Å²) in [7, 11) is 2.68. The molecule has 1 aromatic carbocycles. The Kier molecular flexibility index (Phi) is 7.26. The molecule has 1 fully saturated rings. The number of carbonyl (C=O) groups is 3. The van der Waals surface area contributed by atoms with Gasteiger partial charge in [-0.2, -0.15) is 0 Å². The Hall–Kier alpha value is -2.29. The van der Waals surface area contributed by atoms with Gasteiger partial charge < -0.3 is 25.0 Å². The summed E-state index contributed by atoms with van der Waals surface area (Å²) >= 11 is 3.11. The van der Waals surface area contributed by atoms with Gasteiger partial charge in [0.1, 0.15) is 0 Å². The Morgan fingerprint density at radius 1 is 1.15 bits per heavy atom. The normalized spacial score (nSPS) is 14.5. The number of halogens is 1. The van der Waals surface area contributed by atoms with Gasteiger partial charge in [0.25, 0.3) is 0 Å². The molecule has 142 valence electrons. The molecule has 1 aromatic rings. The molecular weight excluding hydrogens is 406 g/mol. The van der Waals surface area contributed by atoms with Gasteiger partial charge in [-0.1, -0.05) is 15.9 Å². The number of hydrogen-bond donors (Lipinski definition) is 2. The molecule has 1 heterocycles. The molecule has 0 radical (unpaired) electrons. The van der Waals surface area contributed by atoms with Crippen LogP contribution in [0.5, 0.6) is 0 Å². The molecule has 0 atom stereocenters. The van der Waals surface area contributed by atoms with Crippen LogP contribution >= 0.6 is 15.9 Å². The zero-order chi connectivity index (χ0) is 19.1. The molecule has 0 unspecified atom stereocenters. The lowest BCUT2D eigenvalue weighted by molar-refractivity contribution is -0.113. The van der Waals surface area contributed by atoms with Crippen LogP contribution in [0, 0.1) is 0 Å². The van der Waals surface area contributed by atoms with Crippen molar-refractivity contribution in [1.29, 1.82) is 0 Å². The largest absolute Gasteiger partial charge is 0.465 e. The molecule has 0 aromatic heterocycles. The van der Waals surface area contributed by atoms with Gasteiger partial charge in [-0.3, -0.25) is 4.79 Å². The second kappa shape index (κ2) is 9.42. The quantitative estimate of drug-likeness (QED) is 0.553. The predicted molar refractivity (Wildman–Crippen MR) is 101 cm³/mol. The summed E-state index contributed by atoms with van der Waals surface area (Å²) in [5.74, 6) is -0.701. The van der Waals surface area contributed by atoms with Gasteiger partial charge in [0, 0.05) is 19.1 Å². The van der Waals surface area contributed by atoms with E-state index < -0.39 is 5.97 Å². The number of piperidine rings is 1. The van der Waals surface area contributed by atoms with Crippen LogP contribution in [0.1, 0.15) is 23.2 Å². The fourth-order valence-electron chi connectivity index (χ4n) is 2.76. The molecule has 8 nitrogen and oxygen atoms in total. The number of amides is 2. The van der Waals surface area contributed by atoms with Crippen LogP contribution < -0.4 is 10.6 Å². The highest BCUT2D eigenvalue weighted by Crippen LogP contribution is 2.27. The van der Waals surface area contributed by atoms with E-state index >= 15 is 0 Å². The van der Waals surface area contributed by atoms with Gasteiger partial charge in [-0.05, 0) is 31.0 Å². The van der Waals surface area contributed by atoms with Crippen molar-refractivity contribution in [2.45, 2.75) is 18.9 Å². The SMILES string of the molecule is COC(=O)c1ccc(NC2CCN(C(=O)OC)CC2)c(NC(=O)CBr)c1. The van der Waals surface area contributed by atoms with Crippen LogP contribution in [0.2, 0.25) is 0 Å². The average molecular weight is 428 g/mol. The van der Waals surface area contributed by atoms with Gasteiger partial charge in [-0.15, -0.1) is 0 Å². The van der Waals surface area contributed by atoms with E-state index in [0.717, 1.165) is 12.8 Å². The van der Waals surface area contributed by atoms with Gasteiger partial charge in [0.15, 0.2) is 0 Å². The number of rotatable bonds is 5. The standard InChI is InChI=1S/C17H22BrN3O5/c1-25-16(23)11-3-4-13(14(9-11)20-15(22)10-18)19-12-5-7-21(8-6-12)17(24)26-2/h3-4,9,12,19H,5-8,10H2,1-2H3,(H,20,22). The lowest BCUT2D eigenvalue weighted by Crippen LogP contribution is -2.42. The third kappa shape index (κ3) is 5.10. The zero-order valence-corrected chi connectivity index (χ0v) is 16.3. The van der Waals surface area contributed by atoms with E-state index in [1.54, 1.807) is 23.1 Å². The van der Waals surface area contributed by atoms with E-state index in [4.69, 9.17) is 9.47 Å². The highest BCUT2D eigenvalue weighted by molar-refractivity contribution is 9.09. The predicted octanol–water partition coefficient (Wildman–Crippen LogP) is 2.45. The van der Waals surface area contributed by atoms with Crippen molar-refractivity contribution in [3.8, 4) is 0 Å². The number of methoxy groups -OCH3 is 2. The summed E-state index contributed by atoms with van der Waals surface area (Å²) in [5, 5.41) is 6.29. The number of anilines is 2. The van der Waals surface area contributed by atoms with Crippen LogP contribution in [0.25, 0.3) is 0 Å². The minimum Gasteiger partial charge on any atom is -0.465 e. The van der Waals surface area contributed by atoms with Gasteiger partial charge >= 0.3 is 12.1 Å². The molecule has 0 bridgehead atoms. The molecule has 2 N–H and O–H groups in total. The summed E-state index contributed by atoms with van der Waals surface area (Å²) in [4.78, 5) is 36.7. The molecular formula is C17H22BrN3O5. The average Bonchev–Trinajstić information content (AvgIpc) is 2.68. The van der Waals surface area contributed by atoms with Crippen molar-refractivity contribution in [1.82, 2.24) is 4.90 Å². The molecule has 0 spiro atoms. The van der Waals surface area contributed by atoms with Gasteiger partial charge in [-0.25, -0.2) is 9.59 Å². The third-order valence-electron chi connectivity index (χ3n) is 4.12. The van der Waals surface area contributed by atoms with Crippen molar-refractivity contribution in [2.75, 3.05) is 43.3 Å². The molecule has 1 aliphatic heterocycles. The Bertz CT molecular complexity index is 674.